The molecular formula is C12H17NO3. The Morgan fingerprint density at radius 2 is 2.31 bits per heavy atom. The molecule has 4 nitrogen and oxygen atoms in total. The standard InChI is InChI=1S/C12H17NO3/c1-16-11-3-2-9(12(15)6-11)7-13-5-4-10(14)8-13/h2-3,6,10,14-15H,4-5,7-8H2,1H3/t10-/m1/s1. The molecule has 1 aliphatic heterocycles. The summed E-state index contributed by atoms with van der Waals surface area (Å²) < 4.78 is 5.02. The quantitative estimate of drug-likeness (QED) is 0.801. The van der Waals surface area contributed by atoms with E-state index in [1.165, 1.54) is 0 Å². The zero-order valence-electron chi connectivity index (χ0n) is 9.39. The van der Waals surface area contributed by atoms with Crippen molar-refractivity contribution in [2.24, 2.45) is 0 Å². The van der Waals surface area contributed by atoms with Crippen LogP contribution in [-0.4, -0.2) is 41.4 Å². The number of hydrogen-bond acceptors (Lipinski definition) is 4. The minimum absolute atomic E-state index is 0.222. The molecule has 0 bridgehead atoms. The summed E-state index contributed by atoms with van der Waals surface area (Å²) >= 11 is 0. The fraction of sp³-hybridized carbons (Fsp3) is 0.500. The van der Waals surface area contributed by atoms with Crippen molar-refractivity contribution in [1.82, 2.24) is 4.90 Å². The number of aliphatic hydroxyl groups is 1. The number of aromatic hydroxyl groups is 1. The van der Waals surface area contributed by atoms with Crippen LogP contribution in [0.5, 0.6) is 11.5 Å². The van der Waals surface area contributed by atoms with Gasteiger partial charge in [0.05, 0.1) is 13.2 Å². The molecule has 0 saturated carbocycles. The second kappa shape index (κ2) is 4.72. The molecule has 0 aromatic heterocycles. The normalized spacial score (nSPS) is 21.2. The lowest BCUT2D eigenvalue weighted by Crippen LogP contribution is -2.21. The third kappa shape index (κ3) is 2.46. The van der Waals surface area contributed by atoms with Crippen LogP contribution in [0.1, 0.15) is 12.0 Å². The third-order valence-corrected chi connectivity index (χ3v) is 2.93. The summed E-state index contributed by atoms with van der Waals surface area (Å²) in [7, 11) is 1.57. The maximum atomic E-state index is 9.78. The van der Waals surface area contributed by atoms with Gasteiger partial charge in [-0.1, -0.05) is 6.07 Å². The van der Waals surface area contributed by atoms with Crippen molar-refractivity contribution in [1.29, 1.82) is 0 Å². The Morgan fingerprint density at radius 1 is 1.50 bits per heavy atom. The predicted octanol–water partition coefficient (Wildman–Crippen LogP) is 0.967. The van der Waals surface area contributed by atoms with Crippen molar-refractivity contribution in [2.75, 3.05) is 20.2 Å². The van der Waals surface area contributed by atoms with Gasteiger partial charge in [-0.2, -0.15) is 0 Å². The summed E-state index contributed by atoms with van der Waals surface area (Å²) in [6.45, 7) is 2.24. The highest BCUT2D eigenvalue weighted by molar-refractivity contribution is 5.39. The number of ether oxygens (including phenoxy) is 1. The van der Waals surface area contributed by atoms with Crippen LogP contribution in [0.3, 0.4) is 0 Å². The van der Waals surface area contributed by atoms with Gasteiger partial charge in [-0.25, -0.2) is 0 Å². The molecule has 1 fully saturated rings. The highest BCUT2D eigenvalue weighted by Gasteiger charge is 2.20. The average molecular weight is 223 g/mol. The van der Waals surface area contributed by atoms with Crippen LogP contribution in [0.25, 0.3) is 0 Å². The van der Waals surface area contributed by atoms with Crippen LogP contribution < -0.4 is 4.74 Å². The second-order valence-electron chi connectivity index (χ2n) is 4.17. The molecule has 2 rings (SSSR count). The first-order valence-electron chi connectivity index (χ1n) is 5.45. The van der Waals surface area contributed by atoms with Gasteiger partial charge in [0.1, 0.15) is 11.5 Å². The fourth-order valence-electron chi connectivity index (χ4n) is 2.00. The van der Waals surface area contributed by atoms with Crippen molar-refractivity contribution in [3.63, 3.8) is 0 Å². The van der Waals surface area contributed by atoms with E-state index in [-0.39, 0.29) is 11.9 Å². The van der Waals surface area contributed by atoms with E-state index in [2.05, 4.69) is 4.90 Å². The molecule has 1 heterocycles. The number of aliphatic hydroxyl groups excluding tert-OH is 1. The van der Waals surface area contributed by atoms with E-state index in [4.69, 9.17) is 4.74 Å². The van der Waals surface area contributed by atoms with E-state index in [1.54, 1.807) is 13.2 Å². The van der Waals surface area contributed by atoms with E-state index < -0.39 is 0 Å². The van der Waals surface area contributed by atoms with Gasteiger partial charge in [-0.05, 0) is 12.5 Å². The summed E-state index contributed by atoms with van der Waals surface area (Å²) in [4.78, 5) is 2.13. The maximum absolute atomic E-state index is 9.78. The summed E-state index contributed by atoms with van der Waals surface area (Å²) in [5, 5.41) is 19.2. The monoisotopic (exact) mass is 223 g/mol. The number of phenolic OH excluding ortho intramolecular Hbond substituents is 1. The van der Waals surface area contributed by atoms with Gasteiger partial charge in [0.15, 0.2) is 0 Å². The Morgan fingerprint density at radius 3 is 2.88 bits per heavy atom. The topological polar surface area (TPSA) is 52.9 Å². The number of methoxy groups -OCH3 is 1. The molecule has 16 heavy (non-hydrogen) atoms. The number of phenols is 1. The number of benzene rings is 1. The molecule has 1 aromatic carbocycles. The number of rotatable bonds is 3. The summed E-state index contributed by atoms with van der Waals surface area (Å²) in [6.07, 6.45) is 0.595. The minimum atomic E-state index is -0.222. The molecule has 1 atom stereocenters. The smallest absolute Gasteiger partial charge is 0.123 e. The molecule has 0 radical (unpaired) electrons. The molecule has 1 saturated heterocycles. The average Bonchev–Trinajstić information content (AvgIpc) is 2.67. The molecule has 1 aromatic rings. The zero-order valence-corrected chi connectivity index (χ0v) is 9.39. The largest absolute Gasteiger partial charge is 0.507 e. The van der Waals surface area contributed by atoms with E-state index in [1.807, 2.05) is 12.1 Å². The minimum Gasteiger partial charge on any atom is -0.507 e. The number of likely N-dealkylation sites (tertiary alicyclic amines) is 1. The lowest BCUT2D eigenvalue weighted by atomic mass is 10.2. The molecule has 0 aliphatic carbocycles. The number of nitrogens with zero attached hydrogens (tertiary/aromatic N) is 1. The van der Waals surface area contributed by atoms with E-state index in [0.717, 1.165) is 18.5 Å². The van der Waals surface area contributed by atoms with E-state index in [9.17, 15) is 10.2 Å². The van der Waals surface area contributed by atoms with Gasteiger partial charge in [0.2, 0.25) is 0 Å². The summed E-state index contributed by atoms with van der Waals surface area (Å²) in [5.74, 6) is 0.906. The van der Waals surface area contributed by atoms with Gasteiger partial charge >= 0.3 is 0 Å². The molecule has 4 heteroatoms. The van der Waals surface area contributed by atoms with Crippen molar-refractivity contribution < 1.29 is 14.9 Å². The predicted molar refractivity (Wildman–Crippen MR) is 60.6 cm³/mol. The Balaban J connectivity index is 2.04. The molecule has 88 valence electrons. The van der Waals surface area contributed by atoms with Crippen LogP contribution in [0.4, 0.5) is 0 Å². The van der Waals surface area contributed by atoms with Crippen LogP contribution >= 0.6 is 0 Å². The second-order valence-corrected chi connectivity index (χ2v) is 4.17. The van der Waals surface area contributed by atoms with Crippen LogP contribution in [0.15, 0.2) is 18.2 Å². The van der Waals surface area contributed by atoms with Gasteiger partial charge in [0, 0.05) is 31.3 Å². The first kappa shape index (κ1) is 11.2. The zero-order chi connectivity index (χ0) is 11.5. The first-order valence-corrected chi connectivity index (χ1v) is 5.45. The molecular weight excluding hydrogens is 206 g/mol. The molecule has 0 amide bonds. The third-order valence-electron chi connectivity index (χ3n) is 2.93. The van der Waals surface area contributed by atoms with Crippen LogP contribution in [0, 0.1) is 0 Å². The van der Waals surface area contributed by atoms with Crippen molar-refractivity contribution in [3.05, 3.63) is 23.8 Å². The highest BCUT2D eigenvalue weighted by Crippen LogP contribution is 2.25. The maximum Gasteiger partial charge on any atom is 0.123 e. The summed E-state index contributed by atoms with van der Waals surface area (Å²) in [6, 6.07) is 5.31. The fourth-order valence-corrected chi connectivity index (χ4v) is 2.00. The van der Waals surface area contributed by atoms with Gasteiger partial charge in [-0.15, -0.1) is 0 Å². The molecule has 2 N–H and O–H groups in total. The first-order chi connectivity index (χ1) is 7.69. The lowest BCUT2D eigenvalue weighted by molar-refractivity contribution is 0.174. The number of hydrogen-bond donors (Lipinski definition) is 2. The van der Waals surface area contributed by atoms with Crippen molar-refractivity contribution >= 4 is 0 Å². The van der Waals surface area contributed by atoms with E-state index in [0.29, 0.717) is 18.8 Å². The highest BCUT2D eigenvalue weighted by atomic mass is 16.5. The van der Waals surface area contributed by atoms with E-state index >= 15 is 0 Å². The van der Waals surface area contributed by atoms with Crippen LogP contribution in [0.2, 0.25) is 0 Å². The Kier molecular flexibility index (Phi) is 3.31. The molecule has 1 aliphatic rings. The Labute approximate surface area is 95.1 Å². The lowest BCUT2D eigenvalue weighted by Gasteiger charge is -2.16. The number of β-amino-alcohol motifs (C(OH)–C–C–N with tert-alkyl or cyclic N) is 1. The van der Waals surface area contributed by atoms with Gasteiger partial charge in [-0.3, -0.25) is 4.90 Å². The molecule has 0 spiro atoms. The van der Waals surface area contributed by atoms with Crippen molar-refractivity contribution in [3.8, 4) is 11.5 Å². The van der Waals surface area contributed by atoms with Crippen molar-refractivity contribution in [2.45, 2.75) is 19.1 Å². The Hall–Kier alpha value is -1.26. The SMILES string of the molecule is COc1ccc(CN2CC[C@@H](O)C2)c(O)c1. The molecule has 0 unspecified atom stereocenters. The Bertz CT molecular complexity index is 367. The van der Waals surface area contributed by atoms with Gasteiger partial charge in [0.25, 0.3) is 0 Å². The van der Waals surface area contributed by atoms with Crippen LogP contribution in [-0.2, 0) is 6.54 Å². The van der Waals surface area contributed by atoms with Gasteiger partial charge < -0.3 is 14.9 Å². The summed E-state index contributed by atoms with van der Waals surface area (Å²) in [5.41, 5.74) is 0.870.